The van der Waals surface area contributed by atoms with E-state index in [1.807, 2.05) is 42.6 Å². The Labute approximate surface area is 320 Å². The maximum Gasteiger partial charge on any atom is 0.414 e. The van der Waals surface area contributed by atoms with Crippen molar-refractivity contribution in [3.05, 3.63) is 207 Å². The van der Waals surface area contributed by atoms with Gasteiger partial charge in [-0.25, -0.2) is 4.98 Å². The minimum absolute atomic E-state index is 0.108. The minimum Gasteiger partial charge on any atom is -0.458 e. The zero-order valence-electron chi connectivity index (χ0n) is 29.8. The Morgan fingerprint density at radius 3 is 1.87 bits per heavy atom. The highest BCUT2D eigenvalue weighted by Gasteiger charge is 2.37. The summed E-state index contributed by atoms with van der Waals surface area (Å²) in [5.41, 5.74) is 11.7. The predicted molar refractivity (Wildman–Crippen MR) is 223 cm³/mol. The summed E-state index contributed by atoms with van der Waals surface area (Å²) in [6, 6.07) is 67.0. The molecule has 0 atom stereocenters. The number of anilines is 3. The predicted octanol–water partition coefficient (Wildman–Crippen LogP) is 10.2. The molecule has 1 aliphatic rings. The molecule has 1 aliphatic heterocycles. The van der Waals surface area contributed by atoms with Crippen molar-refractivity contribution in [1.82, 2.24) is 9.55 Å². The van der Waals surface area contributed by atoms with E-state index < -0.39 is 0 Å². The van der Waals surface area contributed by atoms with Gasteiger partial charge in [-0.15, -0.1) is 0 Å². The van der Waals surface area contributed by atoms with E-state index in [0.717, 1.165) is 78.8 Å². The highest BCUT2D eigenvalue weighted by Crippen LogP contribution is 2.39. The quantitative estimate of drug-likeness (QED) is 0.0971. The Morgan fingerprint density at radius 1 is 0.564 bits per heavy atom. The van der Waals surface area contributed by atoms with Crippen LogP contribution in [0.3, 0.4) is 0 Å². The zero-order valence-corrected chi connectivity index (χ0v) is 29.8. The Kier molecular flexibility index (Phi) is 8.15. The molecule has 55 heavy (non-hydrogen) atoms. The van der Waals surface area contributed by atoms with Gasteiger partial charge in [0, 0.05) is 18.0 Å². The van der Waals surface area contributed by atoms with Gasteiger partial charge < -0.3 is 14.8 Å². The maximum absolute atomic E-state index is 6.63. The van der Waals surface area contributed by atoms with Gasteiger partial charge in [-0.05, 0) is 70.2 Å². The third kappa shape index (κ3) is 5.98. The summed E-state index contributed by atoms with van der Waals surface area (Å²) in [4.78, 5) is 6.99. The summed E-state index contributed by atoms with van der Waals surface area (Å²) in [7, 11) is 0. The molecule has 6 nitrogen and oxygen atoms in total. The van der Waals surface area contributed by atoms with Crippen LogP contribution in [0.15, 0.2) is 200 Å². The van der Waals surface area contributed by atoms with E-state index in [1.54, 1.807) is 0 Å². The molecule has 0 saturated heterocycles. The second-order valence-corrected chi connectivity index (χ2v) is 13.5. The van der Waals surface area contributed by atoms with Crippen LogP contribution >= 0.6 is 0 Å². The lowest BCUT2D eigenvalue weighted by atomic mass is 9.67. The summed E-state index contributed by atoms with van der Waals surface area (Å²) < 4.78 is 11.0. The lowest BCUT2D eigenvalue weighted by molar-refractivity contribution is -0.571. The molecule has 0 amide bonds. The fraction of sp³-hybridized carbons (Fsp3) is 0. The van der Waals surface area contributed by atoms with E-state index >= 15 is 0 Å². The summed E-state index contributed by atoms with van der Waals surface area (Å²) >= 11 is 0. The van der Waals surface area contributed by atoms with Crippen molar-refractivity contribution in [3.8, 4) is 45.1 Å². The molecular formula is C48H34BN5O. The van der Waals surface area contributed by atoms with Crippen molar-refractivity contribution in [2.24, 2.45) is 0 Å². The molecule has 0 saturated carbocycles. The number of aromatic nitrogens is 3. The average molecular weight is 708 g/mol. The van der Waals surface area contributed by atoms with E-state index in [2.05, 4.69) is 183 Å². The standard InChI is InChI=1S/C48H34BN5O/c1-4-16-35(17-5-1)42-26-14-27-43(36-18-6-2-7-19-36)47(42)53-34-52(45-29-10-11-30-46(45)53)38-22-12-24-40(32-38)55-41-25-13-23-39(33-41)54-48-44(28-15-31-50-48)51-49(54)37-20-8-3-9-21-37/h1-33,51H. The lowest BCUT2D eigenvalue weighted by Crippen LogP contribution is -2.48. The van der Waals surface area contributed by atoms with Gasteiger partial charge in [-0.3, -0.25) is 9.13 Å². The summed E-state index contributed by atoms with van der Waals surface area (Å²) in [6.45, 7) is -0.108. The smallest absolute Gasteiger partial charge is 0.414 e. The number of imidazole rings is 1. The molecule has 0 spiro atoms. The molecule has 10 rings (SSSR count). The lowest BCUT2D eigenvalue weighted by Gasteiger charge is -2.24. The Hall–Kier alpha value is -7.38. The molecule has 9 aromatic rings. The van der Waals surface area contributed by atoms with Crippen molar-refractivity contribution in [3.63, 3.8) is 0 Å². The number of pyridine rings is 1. The molecule has 7 heteroatoms. The second kappa shape index (κ2) is 13.9. The van der Waals surface area contributed by atoms with Crippen LogP contribution in [-0.4, -0.2) is 16.5 Å². The number of hydrogen-bond donors (Lipinski definition) is 1. The molecular weight excluding hydrogens is 673 g/mol. The molecule has 0 bridgehead atoms. The zero-order chi connectivity index (χ0) is 36.6. The van der Waals surface area contributed by atoms with Crippen LogP contribution in [0.2, 0.25) is 0 Å². The highest BCUT2D eigenvalue weighted by molar-refractivity contribution is 6.82. The number of benzene rings is 7. The Balaban J connectivity index is 1.04. The Morgan fingerprint density at radius 2 is 1.16 bits per heavy atom. The average Bonchev–Trinajstić information content (AvgIpc) is 3.84. The van der Waals surface area contributed by atoms with Crippen LogP contribution in [0.1, 0.15) is 0 Å². The maximum atomic E-state index is 6.63. The van der Waals surface area contributed by atoms with Gasteiger partial charge in [0.2, 0.25) is 0 Å². The first-order valence-electron chi connectivity index (χ1n) is 18.4. The van der Waals surface area contributed by atoms with Gasteiger partial charge in [0.15, 0.2) is 0 Å². The third-order valence-electron chi connectivity index (χ3n) is 10.1. The number of nitrogens with one attached hydrogen (secondary N) is 1. The SMILES string of the molecule is [c-]1n(-c2cccc(Oc3cccc(N4B(c5ccccc5)Nc5cccnc54)c3)c2)c2ccccc2[n+]1-c1c(-c2ccccc2)cccc1-c1ccccc1. The summed E-state index contributed by atoms with van der Waals surface area (Å²) in [6.07, 6.45) is 5.60. The van der Waals surface area contributed by atoms with Gasteiger partial charge >= 0.3 is 6.98 Å². The normalized spacial score (nSPS) is 12.1. The number of fused-ring (bicyclic) bond motifs is 2. The molecule has 7 aromatic carbocycles. The molecule has 1 N–H and O–H groups in total. The number of rotatable bonds is 8. The molecule has 0 fully saturated rings. The fourth-order valence-corrected chi connectivity index (χ4v) is 7.60. The largest absolute Gasteiger partial charge is 0.458 e. The van der Waals surface area contributed by atoms with Crippen LogP contribution < -0.4 is 24.8 Å². The Bertz CT molecular complexity index is 2730. The summed E-state index contributed by atoms with van der Waals surface area (Å²) in [5, 5.41) is 3.66. The van der Waals surface area contributed by atoms with E-state index in [4.69, 9.17) is 9.72 Å². The van der Waals surface area contributed by atoms with E-state index in [-0.39, 0.29) is 6.98 Å². The van der Waals surface area contributed by atoms with Gasteiger partial charge in [0.05, 0.1) is 28.1 Å². The monoisotopic (exact) mass is 707 g/mol. The summed E-state index contributed by atoms with van der Waals surface area (Å²) in [5.74, 6) is 2.33. The van der Waals surface area contributed by atoms with Crippen molar-refractivity contribution in [1.29, 1.82) is 0 Å². The van der Waals surface area contributed by atoms with Crippen molar-refractivity contribution in [2.75, 3.05) is 10.0 Å². The molecule has 0 radical (unpaired) electrons. The van der Waals surface area contributed by atoms with Crippen molar-refractivity contribution in [2.45, 2.75) is 0 Å². The number of ether oxygens (including phenoxy) is 1. The first-order valence-corrected chi connectivity index (χ1v) is 18.4. The van der Waals surface area contributed by atoms with E-state index in [1.165, 1.54) is 0 Å². The topological polar surface area (TPSA) is 46.2 Å². The second-order valence-electron chi connectivity index (χ2n) is 13.5. The van der Waals surface area contributed by atoms with Gasteiger partial charge in [-0.2, -0.15) is 0 Å². The number of hydrogen-bond acceptors (Lipinski definition) is 4. The highest BCUT2D eigenvalue weighted by atomic mass is 16.5. The fourth-order valence-electron chi connectivity index (χ4n) is 7.60. The van der Waals surface area contributed by atoms with Crippen LogP contribution in [0.4, 0.5) is 17.2 Å². The van der Waals surface area contributed by atoms with Crippen LogP contribution in [0.25, 0.3) is 44.7 Å². The number of para-hydroxylation sites is 3. The molecule has 3 heterocycles. The molecule has 0 unspecified atom stereocenters. The minimum atomic E-state index is -0.108. The van der Waals surface area contributed by atoms with Crippen LogP contribution in [-0.2, 0) is 0 Å². The number of nitrogens with zero attached hydrogens (tertiary/aromatic N) is 4. The third-order valence-corrected chi connectivity index (χ3v) is 10.1. The van der Waals surface area contributed by atoms with Crippen LogP contribution in [0, 0.1) is 6.33 Å². The van der Waals surface area contributed by atoms with Crippen LogP contribution in [0.5, 0.6) is 11.5 Å². The van der Waals surface area contributed by atoms with Crippen molar-refractivity contribution < 1.29 is 9.30 Å². The first kappa shape index (κ1) is 32.3. The van der Waals surface area contributed by atoms with Crippen molar-refractivity contribution >= 4 is 40.7 Å². The molecule has 0 aliphatic carbocycles. The van der Waals surface area contributed by atoms with Gasteiger partial charge in [0.25, 0.3) is 6.33 Å². The molecule has 260 valence electrons. The molecule has 2 aromatic heterocycles. The van der Waals surface area contributed by atoms with E-state index in [9.17, 15) is 0 Å². The van der Waals surface area contributed by atoms with Gasteiger partial charge in [0.1, 0.15) is 17.3 Å². The van der Waals surface area contributed by atoms with E-state index in [0.29, 0.717) is 0 Å². The van der Waals surface area contributed by atoms with Gasteiger partial charge in [-0.1, -0.05) is 146 Å². The first-order chi connectivity index (χ1) is 27.3.